The van der Waals surface area contributed by atoms with Crippen LogP contribution in [0.2, 0.25) is 0 Å². The number of hydrogen-bond donors (Lipinski definition) is 2. The Morgan fingerprint density at radius 1 is 1.55 bits per heavy atom. The normalized spacial score (nSPS) is 22.9. The predicted octanol–water partition coefficient (Wildman–Crippen LogP) is -0.0627. The molecule has 108 valence electrons. The zero-order valence-corrected chi connectivity index (χ0v) is 11.5. The van der Waals surface area contributed by atoms with Crippen molar-refractivity contribution in [3.05, 3.63) is 29.9 Å². The van der Waals surface area contributed by atoms with Crippen LogP contribution in [-0.2, 0) is 16.3 Å². The summed E-state index contributed by atoms with van der Waals surface area (Å²) in [6.07, 6.45) is 4.30. The molecule has 0 bridgehead atoms. The minimum atomic E-state index is -2.96. The van der Waals surface area contributed by atoms with Crippen molar-refractivity contribution in [2.45, 2.75) is 24.8 Å². The highest BCUT2D eigenvalue weighted by atomic mass is 32.2. The number of rotatable bonds is 4. The van der Waals surface area contributed by atoms with Crippen molar-refractivity contribution < 1.29 is 12.9 Å². The summed E-state index contributed by atoms with van der Waals surface area (Å²) in [6.45, 7) is 0. The van der Waals surface area contributed by atoms with E-state index in [0.717, 1.165) is 5.69 Å². The summed E-state index contributed by atoms with van der Waals surface area (Å²) in [7, 11) is -2.96. The van der Waals surface area contributed by atoms with Gasteiger partial charge in [-0.1, -0.05) is 5.16 Å². The first-order valence-electron chi connectivity index (χ1n) is 6.30. The summed E-state index contributed by atoms with van der Waals surface area (Å²) < 4.78 is 28.0. The fourth-order valence-electron chi connectivity index (χ4n) is 2.28. The topological polar surface area (TPSA) is 128 Å². The lowest BCUT2D eigenvalue weighted by Crippen LogP contribution is -2.14. The van der Waals surface area contributed by atoms with Gasteiger partial charge in [0.1, 0.15) is 0 Å². The van der Waals surface area contributed by atoms with Gasteiger partial charge in [0.25, 0.3) is 0 Å². The molecule has 1 aliphatic rings. The van der Waals surface area contributed by atoms with Gasteiger partial charge in [0.05, 0.1) is 23.9 Å². The quantitative estimate of drug-likeness (QED) is 0.808. The van der Waals surface area contributed by atoms with E-state index in [-0.39, 0.29) is 17.4 Å². The van der Waals surface area contributed by atoms with Gasteiger partial charge in [0.2, 0.25) is 5.89 Å². The average molecular weight is 297 g/mol. The fourth-order valence-corrected chi connectivity index (χ4v) is 4.02. The molecule has 9 heteroatoms. The summed E-state index contributed by atoms with van der Waals surface area (Å²) in [5.41, 5.74) is 6.86. The molecule has 1 saturated heterocycles. The third-order valence-electron chi connectivity index (χ3n) is 3.37. The minimum absolute atomic E-state index is 0.0851. The predicted molar refractivity (Wildman–Crippen MR) is 69.5 cm³/mol. The molecule has 1 fully saturated rings. The van der Waals surface area contributed by atoms with E-state index < -0.39 is 15.9 Å². The van der Waals surface area contributed by atoms with Crippen LogP contribution >= 0.6 is 0 Å². The van der Waals surface area contributed by atoms with Crippen molar-refractivity contribution in [1.82, 2.24) is 20.1 Å². The van der Waals surface area contributed by atoms with Crippen LogP contribution in [0.5, 0.6) is 0 Å². The average Bonchev–Trinajstić information content (AvgIpc) is 3.08. The molecule has 3 N–H and O–H groups in total. The van der Waals surface area contributed by atoms with Crippen LogP contribution in [0, 0.1) is 0 Å². The first-order chi connectivity index (χ1) is 9.53. The number of sulfone groups is 1. The second kappa shape index (κ2) is 4.98. The standard InChI is InChI=1S/C11H15N5O3S/c12-9(3-8-4-13-6-14-8)11-15-10(16-19-11)7-1-2-20(17,18)5-7/h4,6-7,9H,1-3,5,12H2,(H,13,14)/t7?,9-/m1/s1. The number of nitrogens with one attached hydrogen (secondary N) is 1. The van der Waals surface area contributed by atoms with Gasteiger partial charge < -0.3 is 15.2 Å². The van der Waals surface area contributed by atoms with Crippen LogP contribution in [-0.4, -0.2) is 40.0 Å². The number of imidazole rings is 1. The van der Waals surface area contributed by atoms with Crippen molar-refractivity contribution in [1.29, 1.82) is 0 Å². The molecule has 1 unspecified atom stereocenters. The Balaban J connectivity index is 1.70. The number of H-pyrrole nitrogens is 1. The maximum absolute atomic E-state index is 11.4. The smallest absolute Gasteiger partial charge is 0.243 e. The van der Waals surface area contributed by atoms with Gasteiger partial charge in [-0.05, 0) is 6.42 Å². The molecule has 2 aromatic rings. The van der Waals surface area contributed by atoms with E-state index in [9.17, 15) is 8.42 Å². The van der Waals surface area contributed by atoms with Crippen molar-refractivity contribution in [3.63, 3.8) is 0 Å². The Morgan fingerprint density at radius 3 is 3.05 bits per heavy atom. The Bertz CT molecular complexity index is 679. The number of aromatic nitrogens is 4. The molecule has 2 aromatic heterocycles. The summed E-state index contributed by atoms with van der Waals surface area (Å²) in [5.74, 6) is 0.834. The van der Waals surface area contributed by atoms with Gasteiger partial charge in [-0.2, -0.15) is 4.98 Å². The van der Waals surface area contributed by atoms with Crippen molar-refractivity contribution in [3.8, 4) is 0 Å². The first-order valence-corrected chi connectivity index (χ1v) is 8.12. The van der Waals surface area contributed by atoms with E-state index in [0.29, 0.717) is 24.6 Å². The van der Waals surface area contributed by atoms with E-state index in [2.05, 4.69) is 20.1 Å². The molecule has 0 aromatic carbocycles. The molecule has 20 heavy (non-hydrogen) atoms. The Morgan fingerprint density at radius 2 is 2.40 bits per heavy atom. The van der Waals surface area contributed by atoms with Gasteiger partial charge >= 0.3 is 0 Å². The number of hydrogen-bond acceptors (Lipinski definition) is 7. The third-order valence-corrected chi connectivity index (χ3v) is 5.13. The summed E-state index contributed by atoms with van der Waals surface area (Å²) in [5, 5.41) is 3.86. The molecule has 0 radical (unpaired) electrons. The van der Waals surface area contributed by atoms with Crippen molar-refractivity contribution in [2.24, 2.45) is 5.73 Å². The maximum Gasteiger partial charge on any atom is 0.243 e. The highest BCUT2D eigenvalue weighted by Gasteiger charge is 2.32. The third kappa shape index (κ3) is 2.73. The molecule has 0 amide bonds. The van der Waals surface area contributed by atoms with Crippen LogP contribution in [0.3, 0.4) is 0 Å². The summed E-state index contributed by atoms with van der Waals surface area (Å²) in [4.78, 5) is 11.1. The molecule has 8 nitrogen and oxygen atoms in total. The number of aromatic amines is 1. The Labute approximate surface area is 115 Å². The fraction of sp³-hybridized carbons (Fsp3) is 0.545. The molecular weight excluding hydrogens is 282 g/mol. The van der Waals surface area contributed by atoms with Crippen LogP contribution < -0.4 is 5.73 Å². The van der Waals surface area contributed by atoms with Gasteiger partial charge in [-0.15, -0.1) is 0 Å². The van der Waals surface area contributed by atoms with E-state index in [1.54, 1.807) is 12.5 Å². The lowest BCUT2D eigenvalue weighted by Gasteiger charge is -2.03. The van der Waals surface area contributed by atoms with Crippen molar-refractivity contribution >= 4 is 9.84 Å². The zero-order chi connectivity index (χ0) is 14.2. The highest BCUT2D eigenvalue weighted by Crippen LogP contribution is 2.27. The lowest BCUT2D eigenvalue weighted by molar-refractivity contribution is 0.348. The van der Waals surface area contributed by atoms with Crippen molar-refractivity contribution in [2.75, 3.05) is 11.5 Å². The first kappa shape index (κ1) is 13.3. The van der Waals surface area contributed by atoms with E-state index in [4.69, 9.17) is 10.3 Å². The molecular formula is C11H15N5O3S. The summed E-state index contributed by atoms with van der Waals surface area (Å²) in [6, 6.07) is -0.435. The summed E-state index contributed by atoms with van der Waals surface area (Å²) >= 11 is 0. The molecule has 0 saturated carbocycles. The molecule has 3 heterocycles. The molecule has 1 aliphatic heterocycles. The van der Waals surface area contributed by atoms with Gasteiger partial charge in [0, 0.05) is 24.2 Å². The van der Waals surface area contributed by atoms with Gasteiger partial charge in [-0.3, -0.25) is 0 Å². The number of nitrogens with two attached hydrogens (primary N) is 1. The second-order valence-electron chi connectivity index (χ2n) is 4.98. The van der Waals surface area contributed by atoms with Crippen LogP contribution in [0.1, 0.15) is 35.8 Å². The van der Waals surface area contributed by atoms with E-state index in [1.807, 2.05) is 0 Å². The zero-order valence-electron chi connectivity index (χ0n) is 10.7. The molecule has 0 aliphatic carbocycles. The van der Waals surface area contributed by atoms with Crippen LogP contribution in [0.25, 0.3) is 0 Å². The van der Waals surface area contributed by atoms with E-state index in [1.165, 1.54) is 0 Å². The van der Waals surface area contributed by atoms with Gasteiger partial charge in [0.15, 0.2) is 15.7 Å². The largest absolute Gasteiger partial charge is 0.348 e. The lowest BCUT2D eigenvalue weighted by atomic mass is 10.1. The van der Waals surface area contributed by atoms with Crippen LogP contribution in [0.4, 0.5) is 0 Å². The molecule has 0 spiro atoms. The SMILES string of the molecule is N[C@H](Cc1cnc[nH]1)c1nc(C2CCS(=O)(=O)C2)no1. The maximum atomic E-state index is 11.4. The van der Waals surface area contributed by atoms with Gasteiger partial charge in [-0.25, -0.2) is 13.4 Å². The minimum Gasteiger partial charge on any atom is -0.348 e. The monoisotopic (exact) mass is 297 g/mol. The second-order valence-corrected chi connectivity index (χ2v) is 7.21. The van der Waals surface area contributed by atoms with Crippen LogP contribution in [0.15, 0.2) is 17.0 Å². The van der Waals surface area contributed by atoms with E-state index >= 15 is 0 Å². The Kier molecular flexibility index (Phi) is 3.30. The Hall–Kier alpha value is -1.74. The molecule has 2 atom stereocenters. The number of nitrogens with zero attached hydrogens (tertiary/aromatic N) is 3. The highest BCUT2D eigenvalue weighted by molar-refractivity contribution is 7.91. The molecule has 3 rings (SSSR count).